The summed E-state index contributed by atoms with van der Waals surface area (Å²) in [4.78, 5) is 4.75. The lowest BCUT2D eigenvalue weighted by Gasteiger charge is -2.28. The van der Waals surface area contributed by atoms with Crippen LogP contribution in [0.5, 0.6) is 0 Å². The van der Waals surface area contributed by atoms with Crippen molar-refractivity contribution in [3.63, 3.8) is 0 Å². The van der Waals surface area contributed by atoms with Crippen LogP contribution < -0.4 is 9.80 Å². The van der Waals surface area contributed by atoms with E-state index >= 15 is 0 Å². The van der Waals surface area contributed by atoms with Crippen molar-refractivity contribution in [2.24, 2.45) is 0 Å². The molecule has 71 heavy (non-hydrogen) atoms. The number of hydrogen-bond acceptors (Lipinski definition) is 2. The molecule has 1 aliphatic carbocycles. The molecule has 0 saturated carbocycles. The number of anilines is 6. The lowest BCUT2D eigenvalue weighted by Crippen LogP contribution is -2.16. The van der Waals surface area contributed by atoms with Crippen molar-refractivity contribution in [2.45, 2.75) is 19.3 Å². The van der Waals surface area contributed by atoms with Gasteiger partial charge in [0.2, 0.25) is 0 Å². The van der Waals surface area contributed by atoms with Crippen LogP contribution in [0.15, 0.2) is 279 Å². The summed E-state index contributed by atoms with van der Waals surface area (Å²) in [6, 6.07) is 101. The van der Waals surface area contributed by atoms with E-state index in [1.807, 2.05) is 0 Å². The van der Waals surface area contributed by atoms with Crippen molar-refractivity contribution in [1.29, 1.82) is 0 Å². The van der Waals surface area contributed by atoms with Crippen molar-refractivity contribution in [3.05, 3.63) is 290 Å². The van der Waals surface area contributed by atoms with Crippen LogP contribution in [0.25, 0.3) is 66.8 Å². The molecule has 0 heterocycles. The molecule has 338 valence electrons. The minimum Gasteiger partial charge on any atom is -0.311 e. The summed E-state index contributed by atoms with van der Waals surface area (Å²) in [5, 5.41) is 0. The maximum atomic E-state index is 2.43. The van der Waals surface area contributed by atoms with Crippen LogP contribution in [-0.2, 0) is 5.41 Å². The van der Waals surface area contributed by atoms with Gasteiger partial charge in [-0.1, -0.05) is 214 Å². The molecule has 0 unspecified atom stereocenters. The molecule has 0 aliphatic heterocycles. The van der Waals surface area contributed by atoms with Crippen LogP contribution in [0.4, 0.5) is 34.1 Å². The van der Waals surface area contributed by atoms with Gasteiger partial charge >= 0.3 is 0 Å². The Hall–Kier alpha value is -8.98. The molecule has 0 fully saturated rings. The maximum Gasteiger partial charge on any atom is 0.0465 e. The molecule has 2 heteroatoms. The summed E-state index contributed by atoms with van der Waals surface area (Å²) < 4.78 is 0. The zero-order chi connectivity index (χ0) is 47.7. The normalized spacial score (nSPS) is 12.2. The largest absolute Gasteiger partial charge is 0.311 e. The number of benzene rings is 11. The van der Waals surface area contributed by atoms with Gasteiger partial charge in [0.05, 0.1) is 0 Å². The van der Waals surface area contributed by atoms with Gasteiger partial charge in [-0.15, -0.1) is 0 Å². The quantitative estimate of drug-likeness (QED) is 0.128. The van der Waals surface area contributed by atoms with Gasteiger partial charge in [-0.2, -0.15) is 0 Å². The fourth-order valence-electron chi connectivity index (χ4n) is 10.5. The van der Waals surface area contributed by atoms with E-state index in [0.29, 0.717) is 0 Å². The Bertz CT molecular complexity index is 3420. The lowest BCUT2D eigenvalue weighted by molar-refractivity contribution is 0.660. The Labute approximate surface area is 418 Å². The average molecular weight is 909 g/mol. The molecule has 2 nitrogen and oxygen atoms in total. The van der Waals surface area contributed by atoms with Crippen molar-refractivity contribution >= 4 is 34.1 Å². The van der Waals surface area contributed by atoms with E-state index in [0.717, 1.165) is 34.1 Å². The van der Waals surface area contributed by atoms with Gasteiger partial charge in [-0.3, -0.25) is 0 Å². The Morgan fingerprint density at radius 3 is 0.761 bits per heavy atom. The van der Waals surface area contributed by atoms with Gasteiger partial charge in [0.1, 0.15) is 0 Å². The Morgan fingerprint density at radius 2 is 0.437 bits per heavy atom. The highest BCUT2D eigenvalue weighted by molar-refractivity contribution is 5.89. The first-order valence-corrected chi connectivity index (χ1v) is 24.6. The van der Waals surface area contributed by atoms with Gasteiger partial charge in [0.25, 0.3) is 0 Å². The summed E-state index contributed by atoms with van der Waals surface area (Å²) >= 11 is 0. The predicted molar refractivity (Wildman–Crippen MR) is 301 cm³/mol. The zero-order valence-electron chi connectivity index (χ0n) is 40.0. The Kier molecular flexibility index (Phi) is 11.3. The topological polar surface area (TPSA) is 6.48 Å². The van der Waals surface area contributed by atoms with Crippen molar-refractivity contribution in [1.82, 2.24) is 0 Å². The van der Waals surface area contributed by atoms with E-state index in [1.54, 1.807) is 0 Å². The van der Waals surface area contributed by atoms with Crippen LogP contribution in [0, 0.1) is 0 Å². The van der Waals surface area contributed by atoms with Gasteiger partial charge < -0.3 is 9.80 Å². The molecule has 0 spiro atoms. The first-order valence-electron chi connectivity index (χ1n) is 24.6. The van der Waals surface area contributed by atoms with E-state index in [-0.39, 0.29) is 5.41 Å². The minimum absolute atomic E-state index is 0.231. The molecule has 0 atom stereocenters. The zero-order valence-corrected chi connectivity index (χ0v) is 40.0. The van der Waals surface area contributed by atoms with Crippen LogP contribution in [0.3, 0.4) is 0 Å². The summed E-state index contributed by atoms with van der Waals surface area (Å²) in [5.74, 6) is 0. The summed E-state index contributed by atoms with van der Waals surface area (Å²) in [7, 11) is 0. The van der Waals surface area contributed by atoms with E-state index in [2.05, 4.69) is 303 Å². The third-order valence-corrected chi connectivity index (χ3v) is 14.3. The number of hydrogen-bond donors (Lipinski definition) is 0. The highest BCUT2D eigenvalue weighted by Crippen LogP contribution is 2.52. The molecule has 0 radical (unpaired) electrons. The average Bonchev–Trinajstić information content (AvgIpc) is 3.67. The maximum absolute atomic E-state index is 2.43. The van der Waals surface area contributed by atoms with Crippen molar-refractivity contribution < 1.29 is 0 Å². The second-order valence-electron chi connectivity index (χ2n) is 19.0. The lowest BCUT2D eigenvalue weighted by atomic mass is 9.81. The molecule has 12 rings (SSSR count). The number of rotatable bonds is 11. The molecule has 1 aliphatic rings. The summed E-state index contributed by atoms with van der Waals surface area (Å²) in [6.07, 6.45) is 0. The molecular weight excluding hydrogens is 857 g/mol. The van der Waals surface area contributed by atoms with Gasteiger partial charge in [0, 0.05) is 39.5 Å². The van der Waals surface area contributed by atoms with Gasteiger partial charge in [-0.25, -0.2) is 0 Å². The molecule has 0 aromatic heterocycles. The van der Waals surface area contributed by atoms with E-state index in [1.165, 1.54) is 77.9 Å². The molecular formula is C69H52N2. The molecule has 0 amide bonds. The predicted octanol–water partition coefficient (Wildman–Crippen LogP) is 19.3. The summed E-state index contributed by atoms with van der Waals surface area (Å²) in [5.41, 5.74) is 23.7. The van der Waals surface area contributed by atoms with Crippen molar-refractivity contribution in [3.8, 4) is 66.8 Å². The summed E-state index contributed by atoms with van der Waals surface area (Å²) in [6.45, 7) is 4.76. The number of nitrogens with zero attached hydrogens (tertiary/aromatic N) is 2. The molecule has 11 aromatic rings. The second-order valence-corrected chi connectivity index (χ2v) is 19.0. The van der Waals surface area contributed by atoms with Crippen molar-refractivity contribution in [2.75, 3.05) is 9.80 Å². The van der Waals surface area contributed by atoms with Crippen LogP contribution in [0.2, 0.25) is 0 Å². The SMILES string of the molecule is CC1(C)c2cc(-c3ccc(N(c4ccc(-c5ccccc5)cc4)c4ccc(-c5ccccc5)cc4)cc3)ccc2-c2ccc(N(c3ccc(-c4ccccc4)cc3)c3ccc(-c4ccccc4)cc3)cc21. The van der Waals surface area contributed by atoms with Crippen LogP contribution in [0.1, 0.15) is 25.0 Å². The second kappa shape index (κ2) is 18.5. The fraction of sp³-hybridized carbons (Fsp3) is 0.0435. The monoisotopic (exact) mass is 908 g/mol. The van der Waals surface area contributed by atoms with E-state index in [4.69, 9.17) is 0 Å². The Balaban J connectivity index is 0.866. The third kappa shape index (κ3) is 8.41. The van der Waals surface area contributed by atoms with Crippen LogP contribution in [-0.4, -0.2) is 0 Å². The molecule has 0 N–H and O–H groups in total. The fourth-order valence-corrected chi connectivity index (χ4v) is 10.5. The van der Waals surface area contributed by atoms with Gasteiger partial charge in [-0.05, 0) is 157 Å². The molecule has 0 saturated heterocycles. The van der Waals surface area contributed by atoms with Gasteiger partial charge in [0.15, 0.2) is 0 Å². The molecule has 11 aromatic carbocycles. The smallest absolute Gasteiger partial charge is 0.0465 e. The standard InChI is InChI=1S/C69H52N2/c1-69(2)67-47-58(57-31-42-61(43-32-57)70(59-34-23-53(24-35-59)49-15-7-3-8-16-49)60-36-25-54(26-37-60)50-17-9-4-10-18-50)33-45-65(67)66-46-44-64(48-68(66)69)71(62-38-27-55(28-39-62)51-19-11-5-12-20-51)63-40-29-56(30-41-63)52-21-13-6-14-22-52/h3-48H,1-2H3. The molecule has 0 bridgehead atoms. The highest BCUT2D eigenvalue weighted by atomic mass is 15.1. The minimum atomic E-state index is -0.231. The van der Waals surface area contributed by atoms with E-state index in [9.17, 15) is 0 Å². The first kappa shape index (κ1) is 43.3. The first-order chi connectivity index (χ1) is 34.9. The third-order valence-electron chi connectivity index (χ3n) is 14.3. The van der Waals surface area contributed by atoms with Crippen LogP contribution >= 0.6 is 0 Å². The highest BCUT2D eigenvalue weighted by Gasteiger charge is 2.36. The Morgan fingerprint density at radius 1 is 0.211 bits per heavy atom. The number of fused-ring (bicyclic) bond motifs is 3. The van der Waals surface area contributed by atoms with E-state index < -0.39 is 0 Å².